The van der Waals surface area contributed by atoms with Crippen LogP contribution in [0.2, 0.25) is 0 Å². The number of anilines is 1. The van der Waals surface area contributed by atoms with Crippen molar-refractivity contribution in [3.05, 3.63) is 16.0 Å². The quantitative estimate of drug-likeness (QED) is 0.511. The van der Waals surface area contributed by atoms with Crippen LogP contribution in [0.5, 0.6) is 0 Å². The predicted molar refractivity (Wildman–Crippen MR) is 84.5 cm³/mol. The maximum Gasteiger partial charge on any atom is 0.341 e. The molecule has 21 heavy (non-hydrogen) atoms. The van der Waals surface area contributed by atoms with Crippen molar-refractivity contribution in [1.82, 2.24) is 0 Å². The van der Waals surface area contributed by atoms with Gasteiger partial charge in [-0.15, -0.1) is 11.3 Å². The molecule has 5 nitrogen and oxygen atoms in total. The summed E-state index contributed by atoms with van der Waals surface area (Å²) in [6, 6.07) is 0. The molecule has 1 N–H and O–H groups in total. The highest BCUT2D eigenvalue weighted by molar-refractivity contribution is 7.16. The van der Waals surface area contributed by atoms with Crippen LogP contribution in [0, 0.1) is 0 Å². The lowest BCUT2D eigenvalue weighted by Gasteiger charge is -2.12. The zero-order valence-corrected chi connectivity index (χ0v) is 13.6. The summed E-state index contributed by atoms with van der Waals surface area (Å²) in [6.07, 6.45) is 4.00. The van der Waals surface area contributed by atoms with E-state index < -0.39 is 0 Å². The molecule has 0 amide bonds. The van der Waals surface area contributed by atoms with Gasteiger partial charge in [0, 0.05) is 11.8 Å². The van der Waals surface area contributed by atoms with Crippen molar-refractivity contribution in [2.75, 3.05) is 12.0 Å². The van der Waals surface area contributed by atoms with Gasteiger partial charge in [0.05, 0.1) is 12.2 Å². The molecule has 7 heteroatoms. The number of rotatable bonds is 5. The molecule has 0 atom stereocenters. The maximum absolute atomic E-state index is 12.2. The van der Waals surface area contributed by atoms with Gasteiger partial charge in [0.25, 0.3) is 0 Å². The first-order valence-corrected chi connectivity index (χ1v) is 8.05. The molecule has 0 unspecified atom stereocenters. The first-order chi connectivity index (χ1) is 10.0. The molecular formula is C14H17ClN2O3S. The smallest absolute Gasteiger partial charge is 0.341 e. The largest absolute Gasteiger partial charge is 0.462 e. The Kier molecular flexibility index (Phi) is 5.36. The number of esters is 1. The average molecular weight is 329 g/mol. The van der Waals surface area contributed by atoms with Crippen LogP contribution in [0.4, 0.5) is 5.00 Å². The van der Waals surface area contributed by atoms with Gasteiger partial charge < -0.3 is 4.74 Å². The number of thiophene rings is 1. The third-order valence-corrected chi connectivity index (χ3v) is 4.74. The number of halogens is 1. The Hall–Kier alpha value is -1.40. The van der Waals surface area contributed by atoms with Crippen LogP contribution in [0.15, 0.2) is 5.10 Å². The van der Waals surface area contributed by atoms with E-state index in [4.69, 9.17) is 16.3 Å². The number of hydrazone groups is 1. The van der Waals surface area contributed by atoms with Gasteiger partial charge in [0.2, 0.25) is 0 Å². The summed E-state index contributed by atoms with van der Waals surface area (Å²) >= 11 is 7.19. The molecule has 1 aromatic rings. The van der Waals surface area contributed by atoms with Crippen LogP contribution >= 0.6 is 22.9 Å². The van der Waals surface area contributed by atoms with Gasteiger partial charge in [0.15, 0.2) is 11.0 Å². The Morgan fingerprint density at radius 2 is 2.10 bits per heavy atom. The molecule has 2 rings (SSSR count). The number of ketones is 1. The van der Waals surface area contributed by atoms with Gasteiger partial charge in [-0.3, -0.25) is 10.2 Å². The summed E-state index contributed by atoms with van der Waals surface area (Å²) < 4.78 is 5.13. The lowest BCUT2D eigenvalue weighted by molar-refractivity contribution is -0.110. The van der Waals surface area contributed by atoms with Crippen LogP contribution in [-0.2, 0) is 22.4 Å². The van der Waals surface area contributed by atoms with Crippen LogP contribution in [0.25, 0.3) is 0 Å². The second kappa shape index (κ2) is 7.04. The number of hydrogen-bond acceptors (Lipinski definition) is 6. The minimum Gasteiger partial charge on any atom is -0.462 e. The fourth-order valence-corrected chi connectivity index (χ4v) is 3.50. The van der Waals surface area contributed by atoms with Crippen molar-refractivity contribution >= 4 is 44.9 Å². The van der Waals surface area contributed by atoms with E-state index >= 15 is 0 Å². The molecule has 0 saturated heterocycles. The van der Waals surface area contributed by atoms with Gasteiger partial charge in [-0.25, -0.2) is 4.79 Å². The summed E-state index contributed by atoms with van der Waals surface area (Å²) in [7, 11) is 0. The summed E-state index contributed by atoms with van der Waals surface area (Å²) in [5.74, 6) is -0.684. The summed E-state index contributed by atoms with van der Waals surface area (Å²) in [6.45, 7) is 3.42. The molecular weight excluding hydrogens is 312 g/mol. The molecule has 0 aromatic carbocycles. The first-order valence-electron chi connectivity index (χ1n) is 6.86. The molecule has 0 fully saturated rings. The normalized spacial score (nSPS) is 14.5. The van der Waals surface area contributed by atoms with Crippen LogP contribution < -0.4 is 5.43 Å². The highest BCUT2D eigenvalue weighted by Gasteiger charge is 2.26. The molecule has 114 valence electrons. The second-order valence-corrected chi connectivity index (χ2v) is 6.17. The van der Waals surface area contributed by atoms with Crippen LogP contribution in [-0.4, -0.2) is 23.5 Å². The Balaban J connectivity index is 2.35. The van der Waals surface area contributed by atoms with E-state index in [-0.39, 0.29) is 16.9 Å². The second-order valence-electron chi connectivity index (χ2n) is 4.71. The van der Waals surface area contributed by atoms with E-state index in [9.17, 15) is 9.59 Å². The number of nitrogens with one attached hydrogen (secondary N) is 1. The van der Waals surface area contributed by atoms with E-state index in [0.717, 1.165) is 31.2 Å². The molecule has 0 saturated carbocycles. The highest BCUT2D eigenvalue weighted by Crippen LogP contribution is 2.38. The molecule has 1 aliphatic rings. The van der Waals surface area contributed by atoms with Crippen molar-refractivity contribution in [2.24, 2.45) is 5.10 Å². The average Bonchev–Trinajstić information content (AvgIpc) is 2.83. The molecule has 0 aliphatic heterocycles. The molecule has 1 heterocycles. The van der Waals surface area contributed by atoms with Crippen LogP contribution in [0.3, 0.4) is 0 Å². The Bertz CT molecular complexity index is 595. The van der Waals surface area contributed by atoms with E-state index in [1.54, 1.807) is 6.92 Å². The lowest BCUT2D eigenvalue weighted by atomic mass is 9.95. The van der Waals surface area contributed by atoms with E-state index in [1.807, 2.05) is 0 Å². The molecule has 1 aliphatic carbocycles. The van der Waals surface area contributed by atoms with Gasteiger partial charge >= 0.3 is 5.97 Å². The lowest BCUT2D eigenvalue weighted by Crippen LogP contribution is -2.11. The van der Waals surface area contributed by atoms with Crippen molar-refractivity contribution < 1.29 is 14.3 Å². The van der Waals surface area contributed by atoms with E-state index in [0.29, 0.717) is 17.2 Å². The zero-order valence-electron chi connectivity index (χ0n) is 12.0. The Labute approximate surface area is 132 Å². The summed E-state index contributed by atoms with van der Waals surface area (Å²) in [5.41, 5.74) is 4.32. The van der Waals surface area contributed by atoms with Crippen molar-refractivity contribution in [3.8, 4) is 0 Å². The number of carbonyl (C=O) groups excluding carboxylic acids is 2. The number of Topliss-reactive ketones (excluding diaryl/α,β-unsaturated/α-hetero) is 1. The summed E-state index contributed by atoms with van der Waals surface area (Å²) in [4.78, 5) is 24.4. The number of carbonyl (C=O) groups is 2. The maximum atomic E-state index is 12.2. The van der Waals surface area contributed by atoms with E-state index in [2.05, 4.69) is 10.5 Å². The zero-order chi connectivity index (χ0) is 15.4. The van der Waals surface area contributed by atoms with Crippen LogP contribution in [0.1, 0.15) is 47.5 Å². The molecule has 1 aromatic heterocycles. The van der Waals surface area contributed by atoms with Crippen molar-refractivity contribution in [1.29, 1.82) is 0 Å². The fourth-order valence-electron chi connectivity index (χ4n) is 2.24. The van der Waals surface area contributed by atoms with Gasteiger partial charge in [0.1, 0.15) is 5.00 Å². The van der Waals surface area contributed by atoms with Gasteiger partial charge in [-0.05, 0) is 38.2 Å². The Morgan fingerprint density at radius 1 is 1.38 bits per heavy atom. The monoisotopic (exact) mass is 328 g/mol. The number of ether oxygens (including phenoxy) is 1. The molecule has 0 spiro atoms. The molecule has 0 bridgehead atoms. The fraction of sp³-hybridized carbons (Fsp3) is 0.500. The number of fused-ring (bicyclic) bond motifs is 1. The summed E-state index contributed by atoms with van der Waals surface area (Å²) in [5, 5.41) is 4.28. The Morgan fingerprint density at radius 3 is 2.76 bits per heavy atom. The van der Waals surface area contributed by atoms with E-state index in [1.165, 1.54) is 23.1 Å². The topological polar surface area (TPSA) is 67.8 Å². The van der Waals surface area contributed by atoms with Crippen molar-refractivity contribution in [3.63, 3.8) is 0 Å². The number of hydrogen-bond donors (Lipinski definition) is 1. The predicted octanol–water partition coefficient (Wildman–Crippen LogP) is 3.36. The SMILES string of the molecule is CCOC(=O)c1c(N/N=C(\Cl)C(C)=O)sc2c1CCCC2. The van der Waals surface area contributed by atoms with Gasteiger partial charge in [-0.1, -0.05) is 11.6 Å². The van der Waals surface area contributed by atoms with Gasteiger partial charge in [-0.2, -0.15) is 5.10 Å². The minimum absolute atomic E-state index is 0.142. The van der Waals surface area contributed by atoms with Crippen molar-refractivity contribution in [2.45, 2.75) is 39.5 Å². The minimum atomic E-state index is -0.353. The first kappa shape index (κ1) is 16.0. The number of nitrogens with zero attached hydrogens (tertiary/aromatic N) is 1. The third-order valence-electron chi connectivity index (χ3n) is 3.20. The highest BCUT2D eigenvalue weighted by atomic mass is 35.5. The third kappa shape index (κ3) is 3.63. The molecule has 0 radical (unpaired) electrons. The number of aryl methyl sites for hydroxylation is 1. The standard InChI is InChI=1S/C14H17ClN2O3S/c1-3-20-14(19)11-9-6-4-5-7-10(9)21-13(11)17-16-12(15)8(2)18/h17H,3-7H2,1-2H3/b16-12-.